The maximum absolute atomic E-state index is 11.9. The average Bonchev–Trinajstić information content (AvgIpc) is 2.33. The first-order chi connectivity index (χ1) is 8.19. The molecule has 0 radical (unpaired) electrons. The molecule has 4 nitrogen and oxygen atoms in total. The first-order valence-corrected chi connectivity index (χ1v) is 5.98. The third-order valence-corrected chi connectivity index (χ3v) is 2.70. The summed E-state index contributed by atoms with van der Waals surface area (Å²) in [6.07, 6.45) is 0.573. The minimum absolute atomic E-state index is 0.0792. The normalized spacial score (nSPS) is 10.1. The lowest BCUT2D eigenvalue weighted by molar-refractivity contribution is 0.205. The van der Waals surface area contributed by atoms with Gasteiger partial charge in [0.15, 0.2) is 0 Å². The number of halogens is 1. The summed E-state index contributed by atoms with van der Waals surface area (Å²) in [7, 11) is 0. The van der Waals surface area contributed by atoms with Crippen LogP contribution in [0.1, 0.15) is 13.3 Å². The smallest absolute Gasteiger partial charge is 0.321 e. The van der Waals surface area contributed by atoms with Crippen LogP contribution in [0.5, 0.6) is 0 Å². The summed E-state index contributed by atoms with van der Waals surface area (Å²) < 4.78 is 0. The minimum atomic E-state index is -0.200. The van der Waals surface area contributed by atoms with Gasteiger partial charge < -0.3 is 15.3 Å². The van der Waals surface area contributed by atoms with Gasteiger partial charge in [0.2, 0.25) is 0 Å². The van der Waals surface area contributed by atoms with Crippen molar-refractivity contribution in [1.82, 2.24) is 4.90 Å². The first kappa shape index (κ1) is 13.8. The van der Waals surface area contributed by atoms with Crippen molar-refractivity contribution in [2.75, 3.05) is 25.0 Å². The fourth-order valence-corrected chi connectivity index (χ4v) is 1.60. The zero-order valence-corrected chi connectivity index (χ0v) is 10.6. The number of aliphatic hydroxyl groups is 1. The van der Waals surface area contributed by atoms with E-state index in [1.165, 1.54) is 0 Å². The molecular formula is C12H17ClN2O2. The molecule has 1 aromatic rings. The van der Waals surface area contributed by atoms with E-state index in [2.05, 4.69) is 5.32 Å². The summed E-state index contributed by atoms with van der Waals surface area (Å²) in [6.45, 7) is 3.10. The van der Waals surface area contributed by atoms with Crippen LogP contribution in [0.15, 0.2) is 24.3 Å². The number of carbonyl (C=O) groups excluding carboxylic acids is 1. The molecule has 0 saturated carbocycles. The van der Waals surface area contributed by atoms with Crippen molar-refractivity contribution in [2.45, 2.75) is 13.3 Å². The fraction of sp³-hybridized carbons (Fsp3) is 0.417. The molecule has 0 fully saturated rings. The zero-order chi connectivity index (χ0) is 12.7. The van der Waals surface area contributed by atoms with Crippen LogP contribution < -0.4 is 5.32 Å². The number of nitrogens with one attached hydrogen (secondary N) is 1. The van der Waals surface area contributed by atoms with E-state index >= 15 is 0 Å². The molecule has 0 heterocycles. The number of rotatable bonds is 5. The third-order valence-electron chi connectivity index (χ3n) is 2.37. The molecule has 0 spiro atoms. The molecule has 0 aliphatic heterocycles. The molecule has 0 bridgehead atoms. The summed E-state index contributed by atoms with van der Waals surface area (Å²) in [5.74, 6) is 0. The van der Waals surface area contributed by atoms with Crippen molar-refractivity contribution in [3.05, 3.63) is 29.3 Å². The predicted molar refractivity (Wildman–Crippen MR) is 69.4 cm³/mol. The highest BCUT2D eigenvalue weighted by atomic mass is 35.5. The lowest BCUT2D eigenvalue weighted by Crippen LogP contribution is -2.35. The van der Waals surface area contributed by atoms with Gasteiger partial charge in [0, 0.05) is 19.7 Å². The molecule has 2 N–H and O–H groups in total. The molecule has 0 atom stereocenters. The van der Waals surface area contributed by atoms with Crippen molar-refractivity contribution < 1.29 is 9.90 Å². The van der Waals surface area contributed by atoms with Gasteiger partial charge in [0.25, 0.3) is 0 Å². The number of amides is 2. The number of benzene rings is 1. The Labute approximate surface area is 106 Å². The van der Waals surface area contributed by atoms with Crippen molar-refractivity contribution in [2.24, 2.45) is 0 Å². The van der Waals surface area contributed by atoms with Gasteiger partial charge in [-0.2, -0.15) is 0 Å². The Bertz CT molecular complexity index is 371. The van der Waals surface area contributed by atoms with Crippen LogP contribution in [0.2, 0.25) is 5.02 Å². The van der Waals surface area contributed by atoms with E-state index in [9.17, 15) is 4.79 Å². The Morgan fingerprint density at radius 1 is 1.47 bits per heavy atom. The van der Waals surface area contributed by atoms with Gasteiger partial charge >= 0.3 is 6.03 Å². The number of hydrogen-bond donors (Lipinski definition) is 2. The monoisotopic (exact) mass is 256 g/mol. The van der Waals surface area contributed by atoms with Gasteiger partial charge in [-0.25, -0.2) is 4.79 Å². The first-order valence-electron chi connectivity index (χ1n) is 5.60. The quantitative estimate of drug-likeness (QED) is 0.851. The molecule has 1 aromatic carbocycles. The number of anilines is 1. The summed E-state index contributed by atoms with van der Waals surface area (Å²) in [4.78, 5) is 13.5. The molecular weight excluding hydrogens is 240 g/mol. The van der Waals surface area contributed by atoms with Crippen LogP contribution >= 0.6 is 11.6 Å². The second-order valence-electron chi connectivity index (χ2n) is 3.57. The molecule has 94 valence electrons. The van der Waals surface area contributed by atoms with Crippen molar-refractivity contribution in [3.63, 3.8) is 0 Å². The van der Waals surface area contributed by atoms with E-state index in [-0.39, 0.29) is 12.6 Å². The summed E-state index contributed by atoms with van der Waals surface area (Å²) >= 11 is 5.95. The number of carbonyl (C=O) groups is 1. The molecule has 0 aliphatic carbocycles. The molecule has 0 aromatic heterocycles. The van der Waals surface area contributed by atoms with Gasteiger partial charge in [-0.05, 0) is 25.5 Å². The van der Waals surface area contributed by atoms with Crippen LogP contribution in [0.25, 0.3) is 0 Å². The Balaban J connectivity index is 2.61. The van der Waals surface area contributed by atoms with Crippen LogP contribution in [-0.2, 0) is 0 Å². The second kappa shape index (κ2) is 7.14. The van der Waals surface area contributed by atoms with Crippen molar-refractivity contribution in [3.8, 4) is 0 Å². The average molecular weight is 257 g/mol. The maximum atomic E-state index is 11.9. The van der Waals surface area contributed by atoms with Gasteiger partial charge in [-0.15, -0.1) is 0 Å². The molecule has 0 aliphatic rings. The summed E-state index contributed by atoms with van der Waals surface area (Å²) in [6, 6.07) is 6.89. The number of nitrogens with zero attached hydrogens (tertiary/aromatic N) is 1. The zero-order valence-electron chi connectivity index (χ0n) is 9.82. The number of para-hydroxylation sites is 1. The molecule has 1 rings (SSSR count). The highest BCUT2D eigenvalue weighted by molar-refractivity contribution is 6.33. The van der Waals surface area contributed by atoms with E-state index in [0.717, 1.165) is 0 Å². The molecule has 0 saturated heterocycles. The number of urea groups is 1. The van der Waals surface area contributed by atoms with Crippen LogP contribution in [0.3, 0.4) is 0 Å². The minimum Gasteiger partial charge on any atom is -0.396 e. The summed E-state index contributed by atoms with van der Waals surface area (Å²) in [5.41, 5.74) is 0.599. The predicted octanol–water partition coefficient (Wildman–Crippen LogP) is 2.58. The molecule has 17 heavy (non-hydrogen) atoms. The van der Waals surface area contributed by atoms with Crippen molar-refractivity contribution in [1.29, 1.82) is 0 Å². The van der Waals surface area contributed by atoms with Gasteiger partial charge in [-0.1, -0.05) is 23.7 Å². The van der Waals surface area contributed by atoms with Crippen LogP contribution in [0, 0.1) is 0 Å². The highest BCUT2D eigenvalue weighted by Gasteiger charge is 2.12. The lowest BCUT2D eigenvalue weighted by Gasteiger charge is -2.21. The Hall–Kier alpha value is -1.26. The van der Waals surface area contributed by atoms with Crippen molar-refractivity contribution >= 4 is 23.3 Å². The van der Waals surface area contributed by atoms with Crippen LogP contribution in [-0.4, -0.2) is 35.7 Å². The van der Waals surface area contributed by atoms with Gasteiger partial charge in [0.05, 0.1) is 10.7 Å². The molecule has 0 unspecified atom stereocenters. The standard InChI is InChI=1S/C12H17ClN2O2/c1-2-15(8-5-9-16)12(17)14-11-7-4-3-6-10(11)13/h3-4,6-7,16H,2,5,8-9H2,1H3,(H,14,17). The second-order valence-corrected chi connectivity index (χ2v) is 3.97. The third kappa shape index (κ3) is 4.24. The fourth-order valence-electron chi connectivity index (χ4n) is 1.42. The van der Waals surface area contributed by atoms with E-state index < -0.39 is 0 Å². The summed E-state index contributed by atoms with van der Waals surface area (Å²) in [5, 5.41) is 12.0. The lowest BCUT2D eigenvalue weighted by atomic mass is 10.3. The van der Waals surface area contributed by atoms with Gasteiger partial charge in [0.1, 0.15) is 0 Å². The van der Waals surface area contributed by atoms with E-state index in [1.807, 2.05) is 13.0 Å². The van der Waals surface area contributed by atoms with E-state index in [1.54, 1.807) is 23.1 Å². The van der Waals surface area contributed by atoms with E-state index in [0.29, 0.717) is 30.2 Å². The van der Waals surface area contributed by atoms with Crippen LogP contribution in [0.4, 0.5) is 10.5 Å². The Morgan fingerprint density at radius 2 is 2.18 bits per heavy atom. The molecule has 2 amide bonds. The Morgan fingerprint density at radius 3 is 2.76 bits per heavy atom. The maximum Gasteiger partial charge on any atom is 0.321 e. The SMILES string of the molecule is CCN(CCCO)C(=O)Nc1ccccc1Cl. The van der Waals surface area contributed by atoms with Gasteiger partial charge in [-0.3, -0.25) is 0 Å². The highest BCUT2D eigenvalue weighted by Crippen LogP contribution is 2.20. The topological polar surface area (TPSA) is 52.6 Å². The Kier molecular flexibility index (Phi) is 5.80. The van der Waals surface area contributed by atoms with E-state index in [4.69, 9.17) is 16.7 Å². The number of aliphatic hydroxyl groups excluding tert-OH is 1. The largest absolute Gasteiger partial charge is 0.396 e. The molecule has 5 heteroatoms. The number of hydrogen-bond acceptors (Lipinski definition) is 2.